The van der Waals surface area contributed by atoms with Gasteiger partial charge in [-0.25, -0.2) is 4.79 Å². The van der Waals surface area contributed by atoms with Gasteiger partial charge in [0.2, 0.25) is 0 Å². The molecule has 0 aliphatic carbocycles. The highest BCUT2D eigenvalue weighted by atomic mass is 16.4. The Morgan fingerprint density at radius 3 is 2.58 bits per heavy atom. The number of benzene rings is 1. The summed E-state index contributed by atoms with van der Waals surface area (Å²) in [5.74, 6) is -1.02. The third kappa shape index (κ3) is 3.42. The van der Waals surface area contributed by atoms with Crippen LogP contribution in [0.4, 0.5) is 0 Å². The van der Waals surface area contributed by atoms with E-state index in [-0.39, 0.29) is 11.8 Å². The van der Waals surface area contributed by atoms with Gasteiger partial charge in [-0.2, -0.15) is 5.10 Å². The second-order valence-electron chi connectivity index (χ2n) is 4.56. The maximum absolute atomic E-state index is 10.8. The van der Waals surface area contributed by atoms with Crippen molar-refractivity contribution in [3.63, 3.8) is 0 Å². The fourth-order valence-corrected chi connectivity index (χ4v) is 1.80. The van der Waals surface area contributed by atoms with Gasteiger partial charge in [0.05, 0.1) is 11.8 Å². The van der Waals surface area contributed by atoms with Crippen LogP contribution in [0.1, 0.15) is 29.4 Å². The lowest BCUT2D eigenvalue weighted by atomic mass is 10.0. The van der Waals surface area contributed by atoms with Crippen LogP contribution in [0.3, 0.4) is 0 Å². The first-order valence-corrected chi connectivity index (χ1v) is 6.12. The molecular weight excluding hydrogens is 244 g/mol. The van der Waals surface area contributed by atoms with Gasteiger partial charge in [-0.3, -0.25) is 5.10 Å². The smallest absolute Gasteiger partial charge is 0.353 e. The van der Waals surface area contributed by atoms with Crippen molar-refractivity contribution >= 4 is 5.97 Å². The van der Waals surface area contributed by atoms with E-state index in [0.717, 1.165) is 24.0 Å². The number of nitrogens with zero attached hydrogens (tertiary/aromatic N) is 1. The number of hydrogen-bond donors (Lipinski definition) is 3. The second-order valence-corrected chi connectivity index (χ2v) is 4.56. The van der Waals surface area contributed by atoms with E-state index in [1.165, 1.54) is 6.07 Å². The normalized spacial score (nSPS) is 12.3. The van der Waals surface area contributed by atoms with Crippen LogP contribution >= 0.6 is 0 Å². The summed E-state index contributed by atoms with van der Waals surface area (Å²) in [7, 11) is 0. The standard InChI is InChI=1S/C14H16N2O3/c1-9(17)2-3-10-4-6-11(7-5-10)12-8-13(14(18)19)16-15-12/h4-9,17H,2-3H2,1H3,(H,15,16)(H,18,19). The molecule has 1 aromatic heterocycles. The fraction of sp³-hybridized carbons (Fsp3) is 0.286. The monoisotopic (exact) mass is 260 g/mol. The van der Waals surface area contributed by atoms with Crippen molar-refractivity contribution in [2.75, 3.05) is 0 Å². The number of aryl methyl sites for hydroxylation is 1. The van der Waals surface area contributed by atoms with Gasteiger partial charge in [0.15, 0.2) is 0 Å². The third-order valence-corrected chi connectivity index (χ3v) is 2.91. The Morgan fingerprint density at radius 1 is 1.37 bits per heavy atom. The van der Waals surface area contributed by atoms with Crippen LogP contribution in [0.25, 0.3) is 11.3 Å². The maximum atomic E-state index is 10.8. The molecule has 1 atom stereocenters. The van der Waals surface area contributed by atoms with Gasteiger partial charge in [-0.1, -0.05) is 24.3 Å². The van der Waals surface area contributed by atoms with Gasteiger partial charge >= 0.3 is 5.97 Å². The number of carboxylic acid groups (broad SMARTS) is 1. The molecule has 0 amide bonds. The van der Waals surface area contributed by atoms with E-state index in [2.05, 4.69) is 10.2 Å². The number of carboxylic acids is 1. The number of aliphatic hydroxyl groups excluding tert-OH is 1. The van der Waals surface area contributed by atoms with Crippen molar-refractivity contribution in [1.82, 2.24) is 10.2 Å². The topological polar surface area (TPSA) is 86.2 Å². The Morgan fingerprint density at radius 2 is 2.05 bits per heavy atom. The van der Waals surface area contributed by atoms with E-state index in [9.17, 15) is 9.90 Å². The Kier molecular flexibility index (Phi) is 3.97. The van der Waals surface area contributed by atoms with Crippen LogP contribution in [-0.4, -0.2) is 32.5 Å². The van der Waals surface area contributed by atoms with Crippen LogP contribution in [-0.2, 0) is 6.42 Å². The van der Waals surface area contributed by atoms with Crippen molar-refractivity contribution in [3.8, 4) is 11.3 Å². The summed E-state index contributed by atoms with van der Waals surface area (Å²) in [6.07, 6.45) is 1.24. The number of rotatable bonds is 5. The molecule has 0 bridgehead atoms. The van der Waals surface area contributed by atoms with E-state index in [0.29, 0.717) is 5.69 Å². The first-order valence-electron chi connectivity index (χ1n) is 6.12. The number of hydrogen-bond acceptors (Lipinski definition) is 3. The van der Waals surface area contributed by atoms with Crippen molar-refractivity contribution in [2.45, 2.75) is 25.9 Å². The van der Waals surface area contributed by atoms with Gasteiger partial charge < -0.3 is 10.2 Å². The maximum Gasteiger partial charge on any atom is 0.353 e. The van der Waals surface area contributed by atoms with E-state index in [4.69, 9.17) is 5.11 Å². The number of carbonyl (C=O) groups is 1. The summed E-state index contributed by atoms with van der Waals surface area (Å²) in [6.45, 7) is 1.77. The van der Waals surface area contributed by atoms with Crippen LogP contribution in [0, 0.1) is 0 Å². The van der Waals surface area contributed by atoms with Crippen LogP contribution in [0.2, 0.25) is 0 Å². The summed E-state index contributed by atoms with van der Waals surface area (Å²) < 4.78 is 0. The Balaban J connectivity index is 2.10. The Hall–Kier alpha value is -2.14. The first-order chi connectivity index (χ1) is 9.06. The lowest BCUT2D eigenvalue weighted by Crippen LogP contribution is -2.01. The lowest BCUT2D eigenvalue weighted by Gasteiger charge is -2.04. The molecular formula is C14H16N2O3. The predicted molar refractivity (Wildman–Crippen MR) is 71.0 cm³/mol. The van der Waals surface area contributed by atoms with Gasteiger partial charge in [0.25, 0.3) is 0 Å². The highest BCUT2D eigenvalue weighted by Crippen LogP contribution is 2.19. The second kappa shape index (κ2) is 5.67. The minimum absolute atomic E-state index is 0.0770. The molecule has 5 heteroatoms. The lowest BCUT2D eigenvalue weighted by molar-refractivity contribution is 0.0690. The number of aromatic carboxylic acids is 1. The van der Waals surface area contributed by atoms with E-state index in [1.54, 1.807) is 6.92 Å². The molecule has 0 saturated heterocycles. The highest BCUT2D eigenvalue weighted by molar-refractivity contribution is 5.86. The molecule has 19 heavy (non-hydrogen) atoms. The fourth-order valence-electron chi connectivity index (χ4n) is 1.80. The molecule has 3 N–H and O–H groups in total. The average molecular weight is 260 g/mol. The predicted octanol–water partition coefficient (Wildman–Crippen LogP) is 2.09. The van der Waals surface area contributed by atoms with Gasteiger partial charge in [-0.15, -0.1) is 0 Å². The van der Waals surface area contributed by atoms with E-state index < -0.39 is 5.97 Å². The molecule has 0 radical (unpaired) electrons. The number of aromatic amines is 1. The zero-order valence-corrected chi connectivity index (χ0v) is 10.6. The number of H-pyrrole nitrogens is 1. The van der Waals surface area contributed by atoms with E-state index in [1.807, 2.05) is 24.3 Å². The van der Waals surface area contributed by atoms with Crippen molar-refractivity contribution in [2.24, 2.45) is 0 Å². The Labute approximate surface area is 110 Å². The quantitative estimate of drug-likeness (QED) is 0.768. The third-order valence-electron chi connectivity index (χ3n) is 2.91. The highest BCUT2D eigenvalue weighted by Gasteiger charge is 2.09. The molecule has 1 unspecified atom stereocenters. The summed E-state index contributed by atoms with van der Waals surface area (Å²) in [6, 6.07) is 9.24. The van der Waals surface area contributed by atoms with E-state index >= 15 is 0 Å². The summed E-state index contributed by atoms with van der Waals surface area (Å²) in [5, 5.41) is 24.5. The Bertz CT molecular complexity index is 558. The summed E-state index contributed by atoms with van der Waals surface area (Å²) in [4.78, 5) is 10.8. The molecule has 5 nitrogen and oxygen atoms in total. The molecule has 1 heterocycles. The minimum Gasteiger partial charge on any atom is -0.477 e. The number of nitrogens with one attached hydrogen (secondary N) is 1. The minimum atomic E-state index is -1.02. The summed E-state index contributed by atoms with van der Waals surface area (Å²) >= 11 is 0. The molecule has 0 aliphatic rings. The van der Waals surface area contributed by atoms with Gasteiger partial charge in [0, 0.05) is 5.56 Å². The van der Waals surface area contributed by atoms with Crippen molar-refractivity contribution in [1.29, 1.82) is 0 Å². The zero-order chi connectivity index (χ0) is 13.8. The van der Waals surface area contributed by atoms with Crippen molar-refractivity contribution in [3.05, 3.63) is 41.6 Å². The zero-order valence-electron chi connectivity index (χ0n) is 10.6. The number of aliphatic hydroxyl groups is 1. The number of aromatic nitrogens is 2. The van der Waals surface area contributed by atoms with Gasteiger partial charge in [-0.05, 0) is 31.4 Å². The van der Waals surface area contributed by atoms with Crippen LogP contribution in [0.15, 0.2) is 30.3 Å². The molecule has 100 valence electrons. The van der Waals surface area contributed by atoms with Crippen LogP contribution in [0.5, 0.6) is 0 Å². The molecule has 2 rings (SSSR count). The molecule has 2 aromatic rings. The molecule has 1 aromatic carbocycles. The van der Waals surface area contributed by atoms with Crippen LogP contribution < -0.4 is 0 Å². The van der Waals surface area contributed by atoms with Gasteiger partial charge in [0.1, 0.15) is 5.69 Å². The largest absolute Gasteiger partial charge is 0.477 e. The molecule has 0 fully saturated rings. The SMILES string of the molecule is CC(O)CCc1ccc(-c2cc(C(=O)O)[nH]n2)cc1. The molecule has 0 saturated carbocycles. The van der Waals surface area contributed by atoms with Crippen molar-refractivity contribution < 1.29 is 15.0 Å². The average Bonchev–Trinajstić information content (AvgIpc) is 2.86. The molecule has 0 spiro atoms. The summed E-state index contributed by atoms with van der Waals surface area (Å²) in [5.41, 5.74) is 2.69. The molecule has 0 aliphatic heterocycles. The first kappa shape index (κ1) is 13.3.